The zero-order chi connectivity index (χ0) is 56.8. The van der Waals surface area contributed by atoms with Gasteiger partial charge in [-0.25, -0.2) is 16.8 Å². The number of nitrogens with one attached hydrogen (secondary N) is 3. The Balaban J connectivity index is 0.00000370. The number of carboxylic acids is 2. The number of benzene rings is 7. The Morgan fingerprint density at radius 2 is 1.13 bits per heavy atom. The number of methoxy groups -OCH3 is 1. The van der Waals surface area contributed by atoms with Crippen molar-refractivity contribution in [3.8, 4) is 23.0 Å². The van der Waals surface area contributed by atoms with E-state index in [0.717, 1.165) is 18.2 Å². The van der Waals surface area contributed by atoms with Gasteiger partial charge in [0.25, 0.3) is 0 Å². The van der Waals surface area contributed by atoms with Crippen LogP contribution in [0.15, 0.2) is 161 Å². The van der Waals surface area contributed by atoms with Gasteiger partial charge in [-0.1, -0.05) is 18.2 Å². The Kier molecular flexibility index (Phi) is 28.2. The predicted octanol–water partition coefficient (Wildman–Crippen LogP) is -8.28. The number of aromatic hydroxyl groups is 3. The van der Waals surface area contributed by atoms with Crippen molar-refractivity contribution in [2.45, 2.75) is 21.6 Å². The van der Waals surface area contributed by atoms with Gasteiger partial charge in [0.15, 0.2) is 5.75 Å². The molecule has 8 rings (SSSR count). The number of phenolic OH excluding ortho intramolecular Hbond substituents is 1. The van der Waals surface area contributed by atoms with Crippen LogP contribution in [0.3, 0.4) is 0 Å². The summed E-state index contributed by atoms with van der Waals surface area (Å²) in [6.45, 7) is 1.47. The summed E-state index contributed by atoms with van der Waals surface area (Å²) in [5.41, 5.74) is -1.55. The molecule has 1 aromatic heterocycles. The van der Waals surface area contributed by atoms with E-state index in [1.165, 1.54) is 44.4 Å². The van der Waals surface area contributed by atoms with Crippen molar-refractivity contribution in [2.75, 3.05) is 23.1 Å². The topological polar surface area (TPSA) is 455 Å². The number of carboxylic acid groups (broad SMARTS) is 2. The van der Waals surface area contributed by atoms with Gasteiger partial charge in [0.05, 0.1) is 69.3 Å². The number of para-hydroxylation sites is 1. The molecular weight excluding hydrogens is 1220 g/mol. The third-order valence-electron chi connectivity index (χ3n) is 10.6. The molecule has 29 nitrogen and oxygen atoms in total. The summed E-state index contributed by atoms with van der Waals surface area (Å²) in [5.74, 6) is -6.90. The predicted molar refractivity (Wildman–Crippen MR) is 267 cm³/mol. The number of carbonyl (C=O) groups is 2. The number of carbonyl (C=O) groups excluding carboxylic acids is 2. The number of fused-ring (bicyclic) bond motifs is 1. The summed E-state index contributed by atoms with van der Waals surface area (Å²) in [5, 5.41) is 102. The van der Waals surface area contributed by atoms with E-state index in [4.69, 9.17) is 4.74 Å². The summed E-state index contributed by atoms with van der Waals surface area (Å²) in [6, 6.07) is 25.7. The number of aromatic nitrogens is 3. The number of aryl methyl sites for hydroxylation is 1. The van der Waals surface area contributed by atoms with Crippen LogP contribution in [0.4, 0.5) is 69.0 Å². The van der Waals surface area contributed by atoms with Crippen LogP contribution >= 0.6 is 12.0 Å². The van der Waals surface area contributed by atoms with Gasteiger partial charge in [0.2, 0.25) is 17.8 Å². The first-order chi connectivity index (χ1) is 37.6. The van der Waals surface area contributed by atoms with Gasteiger partial charge in [-0.3, -0.25) is 5.04 Å². The number of anilines is 6. The first-order valence-electron chi connectivity index (χ1n) is 21.8. The largest absolute Gasteiger partial charge is 1.00 e. The van der Waals surface area contributed by atoms with E-state index in [1.54, 1.807) is 54.6 Å². The van der Waals surface area contributed by atoms with Crippen molar-refractivity contribution >= 4 is 124 Å². The molecule has 7 aromatic carbocycles. The number of phenols is 3. The monoisotopic (exact) mass is 1250 g/mol. The summed E-state index contributed by atoms with van der Waals surface area (Å²) in [7, 11) is -9.71. The Morgan fingerprint density at radius 3 is 1.71 bits per heavy atom. The second-order valence-electron chi connectivity index (χ2n) is 15.9. The number of azo groups is 3. The molecule has 0 aliphatic heterocycles. The smallest absolute Gasteiger partial charge is 0.744 e. The Labute approximate surface area is 590 Å². The first kappa shape index (κ1) is 73.5. The molecule has 84 heavy (non-hydrogen) atoms. The number of rotatable bonds is 20. The molecule has 0 atom stereocenters. The fraction of sp³-hybridized carbons (Fsp3) is 0.0426. The van der Waals surface area contributed by atoms with Crippen LogP contribution in [-0.4, -0.2) is 75.3 Å². The summed E-state index contributed by atoms with van der Waals surface area (Å²) >= 11 is 0.363. The standard InChI is InChI=1S/C47H36N12O17S3.5Na/c1-22-14-33(36(74-2)21-32(22)57-56-28-18-31(44(65)66)41(61)38(19-28)79(71,72)73)58-59-40-37(78(68,69)70)16-23-15-29(77-76-75-67)20-34(39(23)42(40)62)50-47-52-45(48-24-6-4-3-5-7-24)51-46(53-47)49-25-8-10-26(11-9-25)54-55-27-12-13-35(60)30(17-27)43(63)64;;;;;/h3-21,60-62,67H,1-2H3,(H,63,64)(H,65,66)(H,68,69,70)(H,71,72,73)(H3,48,49,50,51,52,53);;;;;/q;5*+1/p-5. The quantitative estimate of drug-likeness (QED) is 0.0103. The van der Waals surface area contributed by atoms with Crippen molar-refractivity contribution in [2.24, 2.45) is 30.7 Å². The van der Waals surface area contributed by atoms with Gasteiger partial charge in [-0.2, -0.15) is 39.7 Å². The second kappa shape index (κ2) is 32.3. The fourth-order valence-corrected chi connectivity index (χ4v) is 8.80. The molecule has 0 aliphatic rings. The SMILES string of the molecule is COc1cc(N=Nc2cc(C(=O)[O-])c(O)c(S(=O)(=O)[O-])c2)c(C)cc1N=Nc1c(S(=O)(=O)[O-])cc2cc(SOO[O-])cc(Nc3nc(Nc4ccccc4)nc(Nc4ccc(N=Nc5ccc(O)c(C(=O)[O-])c5)cc4)n3)c2c1O.[Na+].[Na+].[Na+].[Na+].[Na+]. The molecule has 0 unspecified atom stereocenters. The van der Waals surface area contributed by atoms with Gasteiger partial charge >= 0.3 is 148 Å². The normalized spacial score (nSPS) is 11.2. The number of aromatic carboxylic acids is 2. The van der Waals surface area contributed by atoms with E-state index in [2.05, 4.69) is 71.0 Å². The van der Waals surface area contributed by atoms with Crippen molar-refractivity contribution in [3.63, 3.8) is 0 Å². The van der Waals surface area contributed by atoms with E-state index in [9.17, 15) is 66.3 Å². The number of hydrogen-bond donors (Lipinski definition) is 6. The molecule has 0 bridgehead atoms. The maximum atomic E-state index is 12.9. The zero-order valence-corrected chi connectivity index (χ0v) is 57.2. The molecule has 37 heteroatoms. The van der Waals surface area contributed by atoms with Crippen LogP contribution in [0.1, 0.15) is 26.3 Å². The molecule has 0 amide bonds. The van der Waals surface area contributed by atoms with Crippen LogP contribution in [0.25, 0.3) is 10.8 Å². The molecule has 0 spiro atoms. The summed E-state index contributed by atoms with van der Waals surface area (Å²) < 4.78 is 83.8. The van der Waals surface area contributed by atoms with Crippen molar-refractivity contribution in [3.05, 3.63) is 132 Å². The molecular formula is C47H31N12Na5O17S3. The molecule has 0 saturated heterocycles. The van der Waals surface area contributed by atoms with Gasteiger partial charge in [-0.05, 0) is 109 Å². The van der Waals surface area contributed by atoms with E-state index in [1.807, 2.05) is 0 Å². The minimum absolute atomic E-state index is 0. The van der Waals surface area contributed by atoms with Crippen LogP contribution in [0.2, 0.25) is 0 Å². The van der Waals surface area contributed by atoms with Crippen molar-refractivity contribution < 1.29 is 228 Å². The molecule has 404 valence electrons. The Morgan fingerprint density at radius 1 is 0.583 bits per heavy atom. The summed E-state index contributed by atoms with van der Waals surface area (Å²) in [4.78, 5) is 34.0. The number of hydrogen-bond acceptors (Lipinski definition) is 30. The third-order valence-corrected chi connectivity index (χ3v) is 12.9. The minimum atomic E-state index is -5.50. The average Bonchev–Trinajstić information content (AvgIpc) is 3.48. The van der Waals surface area contributed by atoms with Crippen molar-refractivity contribution in [1.29, 1.82) is 0 Å². The first-order valence-corrected chi connectivity index (χ1v) is 25.3. The van der Waals surface area contributed by atoms with Gasteiger partial charge < -0.3 is 70.2 Å². The fourth-order valence-electron chi connectivity index (χ4n) is 7.09. The van der Waals surface area contributed by atoms with Crippen LogP contribution in [-0.2, 0) is 29.6 Å². The Hall–Kier alpha value is -4.80. The average molecular weight is 1250 g/mol. The molecule has 8 aromatic rings. The van der Waals surface area contributed by atoms with Crippen LogP contribution in [0, 0.1) is 6.92 Å². The molecule has 0 radical (unpaired) electrons. The number of ether oxygens (including phenoxy) is 1. The molecule has 0 aliphatic carbocycles. The van der Waals surface area contributed by atoms with Crippen molar-refractivity contribution in [1.82, 2.24) is 15.0 Å². The van der Waals surface area contributed by atoms with E-state index in [-0.39, 0.29) is 215 Å². The van der Waals surface area contributed by atoms with E-state index in [0.29, 0.717) is 41.2 Å². The minimum Gasteiger partial charge on any atom is -0.744 e. The maximum absolute atomic E-state index is 12.9. The molecule has 6 N–H and O–H groups in total. The third kappa shape index (κ3) is 18.6. The zero-order valence-electron chi connectivity index (χ0n) is 44.8. The van der Waals surface area contributed by atoms with E-state index < -0.39 is 81.7 Å². The van der Waals surface area contributed by atoms with Gasteiger partial charge in [0, 0.05) is 38.8 Å². The van der Waals surface area contributed by atoms with Gasteiger partial charge in [0.1, 0.15) is 48.9 Å². The van der Waals surface area contributed by atoms with Gasteiger partial charge in [-0.15, -0.1) is 10.2 Å². The van der Waals surface area contributed by atoms with Crippen LogP contribution < -0.4 is 184 Å². The molecule has 0 fully saturated rings. The van der Waals surface area contributed by atoms with Crippen LogP contribution in [0.5, 0.6) is 23.0 Å². The maximum Gasteiger partial charge on any atom is 1.00 e. The summed E-state index contributed by atoms with van der Waals surface area (Å²) in [6.07, 6.45) is 0. The molecule has 1 heterocycles. The second-order valence-corrected chi connectivity index (χ2v) is 19.4. The van der Waals surface area contributed by atoms with E-state index >= 15 is 0 Å². The molecule has 0 saturated carbocycles. The number of nitrogens with zero attached hydrogens (tertiary/aromatic N) is 9. The Bertz CT molecular complexity index is 4070.